The van der Waals surface area contributed by atoms with E-state index in [9.17, 15) is 4.79 Å². The van der Waals surface area contributed by atoms with Crippen molar-refractivity contribution in [3.8, 4) is 11.1 Å². The zero-order valence-electron chi connectivity index (χ0n) is 16.6. The lowest BCUT2D eigenvalue weighted by atomic mass is 9.93. The summed E-state index contributed by atoms with van der Waals surface area (Å²) in [6, 6.07) is 16.1. The van der Waals surface area contributed by atoms with Gasteiger partial charge in [0.25, 0.3) is 0 Å². The average molecular weight is 508 g/mol. The van der Waals surface area contributed by atoms with Gasteiger partial charge in [-0.15, -0.1) is 0 Å². The van der Waals surface area contributed by atoms with Crippen LogP contribution >= 0.6 is 15.9 Å². The minimum absolute atomic E-state index is 0.105. The number of nitrogens with zero attached hydrogens (tertiary/aromatic N) is 2. The van der Waals surface area contributed by atoms with E-state index < -0.39 is 10.2 Å². The second-order valence-electron chi connectivity index (χ2n) is 7.02. The summed E-state index contributed by atoms with van der Waals surface area (Å²) in [5.41, 5.74) is 4.14. The van der Waals surface area contributed by atoms with Crippen molar-refractivity contribution in [1.82, 2.24) is 4.90 Å². The number of carbonyl (C=O) groups is 1. The predicted molar refractivity (Wildman–Crippen MR) is 112 cm³/mol. The molecule has 2 heterocycles. The number of benzene rings is 2. The lowest BCUT2D eigenvalue weighted by Crippen LogP contribution is -2.58. The van der Waals surface area contributed by atoms with Gasteiger partial charge < -0.3 is 4.90 Å². The highest BCUT2D eigenvalue weighted by Gasteiger charge is 2.29. The van der Waals surface area contributed by atoms with Crippen LogP contribution in [0, 0.1) is 16.2 Å². The summed E-state index contributed by atoms with van der Waals surface area (Å²) in [6.45, 7) is 3.30. The van der Waals surface area contributed by atoms with Gasteiger partial charge in [-0.05, 0) is 42.3 Å². The molecule has 0 spiro atoms. The molecule has 0 aliphatic carbocycles. The maximum atomic E-state index is 12.9. The van der Waals surface area contributed by atoms with Crippen LogP contribution in [0.2, 0.25) is 0 Å². The zero-order chi connectivity index (χ0) is 22.6. The molecule has 31 heavy (non-hydrogen) atoms. The Morgan fingerprint density at radius 1 is 1.10 bits per heavy atom. The van der Waals surface area contributed by atoms with Gasteiger partial charge in [-0.2, -0.15) is 14.0 Å². The summed E-state index contributed by atoms with van der Waals surface area (Å²) in [7, 11) is -4.69. The lowest BCUT2D eigenvalue weighted by molar-refractivity contribution is -1.92. The number of aliphatic imine (C=N–C) groups is 1. The number of Topliss-reactive ketones (excluding diaryl/α,β-unsaturated/α-hetero) is 1. The molecule has 7 nitrogen and oxygen atoms in total. The van der Waals surface area contributed by atoms with Crippen molar-refractivity contribution < 1.29 is 33.7 Å². The van der Waals surface area contributed by atoms with Crippen LogP contribution in [0.25, 0.3) is 11.1 Å². The average Bonchev–Trinajstić information content (AvgIpc) is 2.73. The Bertz CT molecular complexity index is 1020. The lowest BCUT2D eigenvalue weighted by Gasteiger charge is -2.34. The highest BCUT2D eigenvalue weighted by molar-refractivity contribution is 9.10. The number of fused-ring (bicyclic) bond motifs is 1. The molecule has 2 aromatic rings. The van der Waals surface area contributed by atoms with Gasteiger partial charge in [0.2, 0.25) is 0 Å². The molecule has 0 bridgehead atoms. The Morgan fingerprint density at radius 2 is 1.65 bits per heavy atom. The summed E-state index contributed by atoms with van der Waals surface area (Å²) in [5.74, 6) is 1.02. The first kappa shape index (κ1) is 23.3. The quantitative estimate of drug-likeness (QED) is 0.618. The highest BCUT2D eigenvalue weighted by atomic mass is 79.9. The van der Waals surface area contributed by atoms with E-state index in [1.54, 1.807) is 0 Å². The van der Waals surface area contributed by atoms with E-state index in [0.29, 0.717) is 13.1 Å². The number of halogens is 2. The summed E-state index contributed by atoms with van der Waals surface area (Å²) < 4.78 is 33.8. The van der Waals surface area contributed by atoms with Crippen LogP contribution in [0.1, 0.15) is 17.3 Å². The molecule has 0 saturated carbocycles. The number of amidine groups is 1. The van der Waals surface area contributed by atoms with E-state index in [0.717, 1.165) is 32.7 Å². The molecule has 0 saturated heterocycles. The molecule has 162 valence electrons. The summed E-state index contributed by atoms with van der Waals surface area (Å²) in [5, 5.41) is 0. The monoisotopic (exact) mass is 506 g/mol. The van der Waals surface area contributed by atoms with Crippen molar-refractivity contribution in [3.63, 3.8) is 0 Å². The Labute approximate surface area is 190 Å². The Kier molecular flexibility index (Phi) is 7.42. The number of hydrogen-bond donors (Lipinski definition) is 1. The van der Waals surface area contributed by atoms with Gasteiger partial charge in [0.15, 0.2) is 5.78 Å². The summed E-state index contributed by atoms with van der Waals surface area (Å²) in [4.78, 5) is 19.7. The molecule has 0 aromatic heterocycles. The van der Waals surface area contributed by atoms with Gasteiger partial charge >= 0.3 is 0 Å². The van der Waals surface area contributed by atoms with Crippen molar-refractivity contribution in [3.05, 3.63) is 82.5 Å². The molecule has 2 aliphatic rings. The van der Waals surface area contributed by atoms with E-state index in [2.05, 4.69) is 51.0 Å². The minimum Gasteiger partial charge on any atom is -0.330 e. The van der Waals surface area contributed by atoms with Gasteiger partial charge in [-0.3, -0.25) is 9.79 Å². The second-order valence-corrected chi connectivity index (χ2v) is 8.73. The van der Waals surface area contributed by atoms with E-state index >= 15 is 0 Å². The fourth-order valence-electron chi connectivity index (χ4n) is 3.36. The van der Waals surface area contributed by atoms with Gasteiger partial charge in [-0.25, -0.2) is 0 Å². The van der Waals surface area contributed by atoms with E-state index in [-0.39, 0.29) is 11.7 Å². The SMILES string of the molecule is CC1=CC=CC2=NCC(C(=O)c3ccc(-c4ccc(Br)cc4)cc3)CN12.[O-][Cl+3]([O-])([O-])O. The van der Waals surface area contributed by atoms with Crippen molar-refractivity contribution in [2.75, 3.05) is 13.1 Å². The summed E-state index contributed by atoms with van der Waals surface area (Å²) >= 11 is 3.45. The van der Waals surface area contributed by atoms with Gasteiger partial charge in [-0.1, -0.05) is 58.4 Å². The number of carbonyl (C=O) groups excluding carboxylic acids is 1. The van der Waals surface area contributed by atoms with E-state index in [1.165, 1.54) is 0 Å². The molecule has 4 rings (SSSR count). The van der Waals surface area contributed by atoms with E-state index in [4.69, 9.17) is 18.6 Å². The smallest absolute Gasteiger partial charge is 0.169 e. The maximum absolute atomic E-state index is 12.9. The number of allylic oxidation sites excluding steroid dienone is 3. The van der Waals surface area contributed by atoms with Crippen LogP contribution in [0.5, 0.6) is 0 Å². The van der Waals surface area contributed by atoms with Crippen LogP contribution < -0.4 is 14.0 Å². The fourth-order valence-corrected chi connectivity index (χ4v) is 3.63. The predicted octanol–water partition coefficient (Wildman–Crippen LogP) is 0.979. The summed E-state index contributed by atoms with van der Waals surface area (Å²) in [6.07, 6.45) is 6.06. The zero-order valence-corrected chi connectivity index (χ0v) is 18.9. The van der Waals surface area contributed by atoms with Crippen LogP contribution in [0.15, 0.2) is 81.9 Å². The molecular formula is C22H20BrClN2O5. The van der Waals surface area contributed by atoms with Crippen LogP contribution in [0.3, 0.4) is 0 Å². The molecule has 2 aliphatic heterocycles. The molecule has 0 amide bonds. The first-order chi connectivity index (χ1) is 14.6. The molecule has 9 heteroatoms. The largest absolute Gasteiger partial charge is 0.330 e. The van der Waals surface area contributed by atoms with Crippen molar-refractivity contribution in [1.29, 1.82) is 0 Å². The molecule has 0 fully saturated rings. The first-order valence-electron chi connectivity index (χ1n) is 9.32. The van der Waals surface area contributed by atoms with Crippen molar-refractivity contribution in [2.45, 2.75) is 6.92 Å². The van der Waals surface area contributed by atoms with Crippen molar-refractivity contribution in [2.24, 2.45) is 10.9 Å². The molecule has 1 unspecified atom stereocenters. The van der Waals surface area contributed by atoms with Crippen LogP contribution in [-0.2, 0) is 0 Å². The minimum atomic E-state index is -4.69. The van der Waals surface area contributed by atoms with E-state index in [1.807, 2.05) is 48.6 Å². The Hall–Kier alpha value is -2.33. The molecular weight excluding hydrogens is 488 g/mol. The van der Waals surface area contributed by atoms with Crippen LogP contribution in [0.4, 0.5) is 0 Å². The first-order valence-corrected chi connectivity index (χ1v) is 11.4. The molecule has 1 N–H and O–H groups in total. The standard InChI is InChI=1S/C22H19BrN2O.ClHO4/c1-15-3-2-4-21-24-13-19(14-25(15)21)22(26)18-7-5-16(6-8-18)17-9-11-20(23)12-10-17;2-1(3,4)5/h2-12,19H,13-14H2,1H3;(H,2,3,4,5). The van der Waals surface area contributed by atoms with Crippen LogP contribution in [-0.4, -0.2) is 34.3 Å². The molecule has 1 atom stereocenters. The van der Waals surface area contributed by atoms with Crippen molar-refractivity contribution >= 4 is 27.5 Å². The number of hydrogen-bond acceptors (Lipinski definition) is 7. The third-order valence-corrected chi connectivity index (χ3v) is 5.41. The molecule has 2 aromatic carbocycles. The highest BCUT2D eigenvalue weighted by Crippen LogP contribution is 2.25. The van der Waals surface area contributed by atoms with Gasteiger partial charge in [0.1, 0.15) is 5.84 Å². The normalized spacial score (nSPS) is 17.7. The topological polar surface area (TPSA) is 122 Å². The Morgan fingerprint density at radius 3 is 2.23 bits per heavy atom. The van der Waals surface area contributed by atoms with Gasteiger partial charge in [0, 0.05) is 22.3 Å². The third kappa shape index (κ3) is 6.57. The maximum Gasteiger partial charge on any atom is 0.169 e. The second kappa shape index (κ2) is 9.86. The molecule has 0 radical (unpaired) electrons. The Balaban J connectivity index is 0.000000491. The van der Waals surface area contributed by atoms with Gasteiger partial charge in [0.05, 0.1) is 27.4 Å². The third-order valence-electron chi connectivity index (χ3n) is 4.88. The number of ketones is 1. The fraction of sp³-hybridized carbons (Fsp3) is 0.182. The number of rotatable bonds is 3.